The van der Waals surface area contributed by atoms with Gasteiger partial charge in [-0.15, -0.1) is 10.2 Å². The molecule has 1 saturated carbocycles. The first-order valence-corrected chi connectivity index (χ1v) is 11.1. The van der Waals surface area contributed by atoms with Crippen LogP contribution in [-0.4, -0.2) is 27.2 Å². The predicted molar refractivity (Wildman–Crippen MR) is 119 cm³/mol. The minimum atomic E-state index is -1.01. The van der Waals surface area contributed by atoms with Gasteiger partial charge in [0.15, 0.2) is 0 Å². The summed E-state index contributed by atoms with van der Waals surface area (Å²) in [6, 6.07) is 11.4. The van der Waals surface area contributed by atoms with Gasteiger partial charge < -0.3 is 9.52 Å². The quantitative estimate of drug-likeness (QED) is 0.397. The number of amides is 1. The van der Waals surface area contributed by atoms with E-state index < -0.39 is 11.9 Å². The molecule has 32 heavy (non-hydrogen) atoms. The van der Waals surface area contributed by atoms with Gasteiger partial charge in [-0.1, -0.05) is 42.7 Å². The number of hydrogen-bond acceptors (Lipinski definition) is 7. The SMILES string of the molecule is N#C/C(=C/c1ccc(-c2ccc(C(=O)O)cc2)o1)C(=O)Nc1nnc(C2CCCCC2)s1. The Bertz CT molecular complexity index is 1200. The largest absolute Gasteiger partial charge is 0.478 e. The second-order valence-electron chi connectivity index (χ2n) is 7.49. The van der Waals surface area contributed by atoms with Crippen LogP contribution in [0, 0.1) is 11.3 Å². The van der Waals surface area contributed by atoms with Gasteiger partial charge in [0.25, 0.3) is 5.91 Å². The van der Waals surface area contributed by atoms with Crippen molar-refractivity contribution in [2.75, 3.05) is 5.32 Å². The summed E-state index contributed by atoms with van der Waals surface area (Å²) < 4.78 is 5.71. The number of nitrogens with zero attached hydrogens (tertiary/aromatic N) is 3. The Hall–Kier alpha value is -3.77. The number of nitrogens with one attached hydrogen (secondary N) is 1. The lowest BCUT2D eigenvalue weighted by atomic mass is 9.90. The van der Waals surface area contributed by atoms with Gasteiger partial charge in [0.2, 0.25) is 5.13 Å². The fraction of sp³-hybridized carbons (Fsp3) is 0.261. The number of nitriles is 1. The molecule has 0 saturated heterocycles. The number of aromatic carboxylic acids is 1. The lowest BCUT2D eigenvalue weighted by molar-refractivity contribution is -0.112. The molecule has 0 radical (unpaired) electrons. The van der Waals surface area contributed by atoms with Crippen molar-refractivity contribution < 1.29 is 19.1 Å². The monoisotopic (exact) mass is 448 g/mol. The summed E-state index contributed by atoms with van der Waals surface area (Å²) in [4.78, 5) is 23.5. The van der Waals surface area contributed by atoms with Gasteiger partial charge in [0.1, 0.15) is 28.2 Å². The normalized spacial score (nSPS) is 14.7. The van der Waals surface area contributed by atoms with E-state index in [0.717, 1.165) is 17.8 Å². The standard InChI is InChI=1S/C23H20N4O4S/c24-13-17(20(28)25-23-27-26-21(32-23)15-4-2-1-3-5-15)12-18-10-11-19(31-18)14-6-8-16(9-7-14)22(29)30/h6-12,15H,1-5H2,(H,29,30)(H,25,27,28)/b17-12-. The molecule has 0 spiro atoms. The highest BCUT2D eigenvalue weighted by molar-refractivity contribution is 7.15. The number of benzene rings is 1. The highest BCUT2D eigenvalue weighted by atomic mass is 32.1. The highest BCUT2D eigenvalue weighted by Crippen LogP contribution is 2.35. The lowest BCUT2D eigenvalue weighted by Crippen LogP contribution is -2.13. The first kappa shape index (κ1) is 21.5. The Kier molecular flexibility index (Phi) is 6.42. The van der Waals surface area contributed by atoms with Crippen molar-refractivity contribution in [3.63, 3.8) is 0 Å². The number of carbonyl (C=O) groups excluding carboxylic acids is 1. The van der Waals surface area contributed by atoms with Crippen LogP contribution in [0.1, 0.15) is 59.1 Å². The van der Waals surface area contributed by atoms with Crippen molar-refractivity contribution in [2.24, 2.45) is 0 Å². The molecule has 0 unspecified atom stereocenters. The number of carboxylic acids is 1. The third kappa shape index (κ3) is 4.92. The molecular weight excluding hydrogens is 428 g/mol. The van der Waals surface area contributed by atoms with E-state index in [1.54, 1.807) is 24.3 Å². The molecule has 1 aliphatic rings. The molecule has 1 fully saturated rings. The Morgan fingerprint density at radius 2 is 1.88 bits per heavy atom. The maximum Gasteiger partial charge on any atom is 0.335 e. The Balaban J connectivity index is 1.45. The van der Waals surface area contributed by atoms with E-state index in [4.69, 9.17) is 9.52 Å². The average Bonchev–Trinajstić information content (AvgIpc) is 3.48. The molecule has 3 aromatic rings. The number of carbonyl (C=O) groups is 2. The molecule has 1 aromatic carbocycles. The number of aromatic nitrogens is 2. The predicted octanol–water partition coefficient (Wildman–Crippen LogP) is 5.09. The summed E-state index contributed by atoms with van der Waals surface area (Å²) in [6.45, 7) is 0. The fourth-order valence-electron chi connectivity index (χ4n) is 3.62. The zero-order chi connectivity index (χ0) is 22.5. The highest BCUT2D eigenvalue weighted by Gasteiger charge is 2.21. The molecule has 2 aromatic heterocycles. The summed E-state index contributed by atoms with van der Waals surface area (Å²) in [5.74, 6) is -0.376. The summed E-state index contributed by atoms with van der Waals surface area (Å²) in [5, 5.41) is 30.6. The summed E-state index contributed by atoms with van der Waals surface area (Å²) in [7, 11) is 0. The van der Waals surface area contributed by atoms with Crippen LogP contribution in [0.25, 0.3) is 17.4 Å². The van der Waals surface area contributed by atoms with E-state index in [0.29, 0.717) is 28.1 Å². The zero-order valence-corrected chi connectivity index (χ0v) is 17.9. The molecule has 4 rings (SSSR count). The van der Waals surface area contributed by atoms with Crippen molar-refractivity contribution in [3.05, 3.63) is 58.3 Å². The van der Waals surface area contributed by atoms with Crippen molar-refractivity contribution >= 4 is 34.4 Å². The average molecular weight is 449 g/mol. The minimum Gasteiger partial charge on any atom is -0.478 e. The summed E-state index contributed by atoms with van der Waals surface area (Å²) in [6.07, 6.45) is 7.15. The van der Waals surface area contributed by atoms with Crippen molar-refractivity contribution in [1.29, 1.82) is 5.26 Å². The van der Waals surface area contributed by atoms with E-state index in [9.17, 15) is 14.9 Å². The van der Waals surface area contributed by atoms with Gasteiger partial charge in [0, 0.05) is 17.6 Å². The molecule has 8 nitrogen and oxygen atoms in total. The topological polar surface area (TPSA) is 129 Å². The number of anilines is 1. The van der Waals surface area contributed by atoms with Crippen molar-refractivity contribution in [2.45, 2.75) is 38.0 Å². The van der Waals surface area contributed by atoms with Gasteiger partial charge in [-0.25, -0.2) is 4.79 Å². The second kappa shape index (κ2) is 9.58. The molecule has 0 bridgehead atoms. The number of hydrogen-bond donors (Lipinski definition) is 2. The minimum absolute atomic E-state index is 0.124. The zero-order valence-electron chi connectivity index (χ0n) is 17.1. The number of carboxylic acid groups (broad SMARTS) is 1. The smallest absolute Gasteiger partial charge is 0.335 e. The first-order chi connectivity index (χ1) is 15.5. The van der Waals surface area contributed by atoms with Gasteiger partial charge in [-0.3, -0.25) is 10.1 Å². The maximum atomic E-state index is 12.6. The van der Waals surface area contributed by atoms with Crippen LogP contribution >= 0.6 is 11.3 Å². The van der Waals surface area contributed by atoms with E-state index in [1.165, 1.54) is 48.8 Å². The fourth-order valence-corrected chi connectivity index (χ4v) is 4.53. The molecule has 9 heteroatoms. The van der Waals surface area contributed by atoms with Crippen LogP contribution in [0.15, 0.2) is 46.4 Å². The maximum absolute atomic E-state index is 12.6. The van der Waals surface area contributed by atoms with Crippen molar-refractivity contribution in [3.8, 4) is 17.4 Å². The third-order valence-electron chi connectivity index (χ3n) is 5.31. The Labute approximate surface area is 188 Å². The van der Waals surface area contributed by atoms with Crippen LogP contribution in [-0.2, 0) is 4.79 Å². The first-order valence-electron chi connectivity index (χ1n) is 10.2. The third-order valence-corrected chi connectivity index (χ3v) is 6.31. The molecule has 0 atom stereocenters. The van der Waals surface area contributed by atoms with Crippen molar-refractivity contribution in [1.82, 2.24) is 10.2 Å². The second-order valence-corrected chi connectivity index (χ2v) is 8.50. The van der Waals surface area contributed by atoms with Crippen LogP contribution in [0.5, 0.6) is 0 Å². The molecule has 162 valence electrons. The van der Waals surface area contributed by atoms with E-state index in [1.807, 2.05) is 6.07 Å². The molecule has 0 aliphatic heterocycles. The van der Waals surface area contributed by atoms with Gasteiger partial charge in [0.05, 0.1) is 5.56 Å². The van der Waals surface area contributed by atoms with E-state index in [-0.39, 0.29) is 11.1 Å². The van der Waals surface area contributed by atoms with Crippen LogP contribution < -0.4 is 5.32 Å². The lowest BCUT2D eigenvalue weighted by Gasteiger charge is -2.18. The van der Waals surface area contributed by atoms with E-state index in [2.05, 4.69) is 15.5 Å². The molecule has 1 aliphatic carbocycles. The number of rotatable bonds is 6. The summed E-state index contributed by atoms with van der Waals surface area (Å²) >= 11 is 1.35. The molecule has 1 amide bonds. The number of furan rings is 1. The van der Waals surface area contributed by atoms with Crippen LogP contribution in [0.2, 0.25) is 0 Å². The Morgan fingerprint density at radius 3 is 2.56 bits per heavy atom. The van der Waals surface area contributed by atoms with E-state index >= 15 is 0 Å². The summed E-state index contributed by atoms with van der Waals surface area (Å²) in [5.41, 5.74) is 0.732. The van der Waals surface area contributed by atoms with Gasteiger partial charge in [-0.2, -0.15) is 5.26 Å². The van der Waals surface area contributed by atoms with Crippen LogP contribution in [0.4, 0.5) is 5.13 Å². The molecular formula is C23H20N4O4S. The Morgan fingerprint density at radius 1 is 1.12 bits per heavy atom. The van der Waals surface area contributed by atoms with Gasteiger partial charge in [-0.05, 0) is 37.1 Å². The molecule has 2 heterocycles. The van der Waals surface area contributed by atoms with Crippen LogP contribution in [0.3, 0.4) is 0 Å². The van der Waals surface area contributed by atoms with Gasteiger partial charge >= 0.3 is 5.97 Å². The molecule has 2 N–H and O–H groups in total.